The molecule has 2 N–H and O–H groups in total. The molecule has 5 heteroatoms. The molecule has 0 saturated heterocycles. The smallest absolute Gasteiger partial charge is 0.247 e. The van der Waals surface area contributed by atoms with Gasteiger partial charge < -0.3 is 10.6 Å². The summed E-state index contributed by atoms with van der Waals surface area (Å²) in [6.07, 6.45) is 3.00. The number of aryl methyl sites for hydroxylation is 1. The zero-order valence-corrected chi connectivity index (χ0v) is 13.9. The SMILES string of the molecule is C=CC(=O)Nc1cccc(-c2nc(C)ncc2Nc2ccccc2)c1. The maximum atomic E-state index is 11.5. The number of rotatable bonds is 5. The van der Waals surface area contributed by atoms with Gasteiger partial charge in [0.05, 0.1) is 17.6 Å². The van der Waals surface area contributed by atoms with Crippen LogP contribution in [0.3, 0.4) is 0 Å². The third-order valence-electron chi connectivity index (χ3n) is 3.55. The molecule has 0 atom stereocenters. The zero-order chi connectivity index (χ0) is 17.6. The maximum absolute atomic E-state index is 11.5. The third-order valence-corrected chi connectivity index (χ3v) is 3.55. The Hall–Kier alpha value is -3.47. The van der Waals surface area contributed by atoms with Gasteiger partial charge in [0.1, 0.15) is 5.82 Å². The number of anilines is 3. The number of hydrogen-bond acceptors (Lipinski definition) is 4. The summed E-state index contributed by atoms with van der Waals surface area (Å²) in [7, 11) is 0. The summed E-state index contributed by atoms with van der Waals surface area (Å²) in [6, 6.07) is 17.4. The first-order valence-corrected chi connectivity index (χ1v) is 7.85. The fourth-order valence-corrected chi connectivity index (χ4v) is 2.40. The maximum Gasteiger partial charge on any atom is 0.247 e. The second-order valence-corrected chi connectivity index (χ2v) is 5.44. The van der Waals surface area contributed by atoms with E-state index in [1.54, 1.807) is 6.20 Å². The van der Waals surface area contributed by atoms with Gasteiger partial charge in [-0.25, -0.2) is 9.97 Å². The molecule has 0 radical (unpaired) electrons. The van der Waals surface area contributed by atoms with E-state index in [0.717, 1.165) is 22.6 Å². The van der Waals surface area contributed by atoms with Crippen molar-refractivity contribution in [2.24, 2.45) is 0 Å². The molecule has 1 amide bonds. The molecule has 0 aliphatic rings. The first kappa shape index (κ1) is 16.4. The Morgan fingerprint density at radius 1 is 1.08 bits per heavy atom. The van der Waals surface area contributed by atoms with E-state index < -0.39 is 0 Å². The van der Waals surface area contributed by atoms with E-state index in [1.165, 1.54) is 6.08 Å². The Morgan fingerprint density at radius 2 is 1.84 bits per heavy atom. The predicted octanol–water partition coefficient (Wildman–Crippen LogP) is 4.32. The van der Waals surface area contributed by atoms with Crippen molar-refractivity contribution < 1.29 is 4.79 Å². The molecule has 0 spiro atoms. The molecule has 0 bridgehead atoms. The van der Waals surface area contributed by atoms with Crippen molar-refractivity contribution in [2.75, 3.05) is 10.6 Å². The van der Waals surface area contributed by atoms with E-state index in [1.807, 2.05) is 61.5 Å². The standard InChI is InChI=1S/C20H18N4O/c1-3-19(25)24-17-11-7-8-15(12-17)20-18(13-21-14(2)22-20)23-16-9-5-4-6-10-16/h3-13,23H,1H2,2H3,(H,24,25). The number of amides is 1. The zero-order valence-electron chi connectivity index (χ0n) is 13.9. The molecule has 5 nitrogen and oxygen atoms in total. The molecule has 124 valence electrons. The molecule has 0 fully saturated rings. The quantitative estimate of drug-likeness (QED) is 0.684. The van der Waals surface area contributed by atoms with Gasteiger partial charge in [0.15, 0.2) is 0 Å². The van der Waals surface area contributed by atoms with Crippen molar-refractivity contribution in [3.8, 4) is 11.3 Å². The van der Waals surface area contributed by atoms with Crippen LogP contribution in [0.4, 0.5) is 17.1 Å². The molecule has 0 aliphatic carbocycles. The van der Waals surface area contributed by atoms with Gasteiger partial charge in [0.25, 0.3) is 0 Å². The molecule has 25 heavy (non-hydrogen) atoms. The summed E-state index contributed by atoms with van der Waals surface area (Å²) in [5, 5.41) is 6.11. The van der Waals surface area contributed by atoms with E-state index in [2.05, 4.69) is 27.2 Å². The number of benzene rings is 2. The molecule has 3 aromatic rings. The topological polar surface area (TPSA) is 66.9 Å². The summed E-state index contributed by atoms with van der Waals surface area (Å²) in [4.78, 5) is 20.4. The van der Waals surface area contributed by atoms with Gasteiger partial charge in [-0.2, -0.15) is 0 Å². The van der Waals surface area contributed by atoms with Crippen LogP contribution < -0.4 is 10.6 Å². The third kappa shape index (κ3) is 4.09. The number of nitrogens with zero attached hydrogens (tertiary/aromatic N) is 2. The van der Waals surface area contributed by atoms with Crippen LogP contribution >= 0.6 is 0 Å². The molecule has 1 aromatic heterocycles. The summed E-state index contributed by atoms with van der Waals surface area (Å²) >= 11 is 0. The van der Waals surface area contributed by atoms with Gasteiger partial charge in [-0.3, -0.25) is 4.79 Å². The van der Waals surface area contributed by atoms with E-state index in [0.29, 0.717) is 11.5 Å². The molecular formula is C20H18N4O. The first-order valence-electron chi connectivity index (χ1n) is 7.85. The number of para-hydroxylation sites is 1. The molecule has 1 heterocycles. The van der Waals surface area contributed by atoms with E-state index >= 15 is 0 Å². The highest BCUT2D eigenvalue weighted by Crippen LogP contribution is 2.29. The predicted molar refractivity (Wildman–Crippen MR) is 101 cm³/mol. The van der Waals surface area contributed by atoms with Gasteiger partial charge in [-0.05, 0) is 37.3 Å². The average molecular weight is 330 g/mol. The van der Waals surface area contributed by atoms with E-state index in [-0.39, 0.29) is 5.91 Å². The van der Waals surface area contributed by atoms with Crippen molar-refractivity contribution in [3.63, 3.8) is 0 Å². The Bertz CT molecular complexity index is 907. The fourth-order valence-electron chi connectivity index (χ4n) is 2.40. The molecule has 2 aromatic carbocycles. The number of hydrogen-bond donors (Lipinski definition) is 2. The van der Waals surface area contributed by atoms with Crippen LogP contribution in [0.15, 0.2) is 73.4 Å². The normalized spacial score (nSPS) is 10.1. The lowest BCUT2D eigenvalue weighted by Crippen LogP contribution is -2.07. The van der Waals surface area contributed by atoms with Gasteiger partial charge in [-0.1, -0.05) is 36.9 Å². The van der Waals surface area contributed by atoms with Crippen molar-refractivity contribution in [2.45, 2.75) is 6.92 Å². The van der Waals surface area contributed by atoms with Crippen molar-refractivity contribution in [3.05, 3.63) is 79.3 Å². The van der Waals surface area contributed by atoms with Crippen LogP contribution in [0.1, 0.15) is 5.82 Å². The van der Waals surface area contributed by atoms with Crippen molar-refractivity contribution in [1.82, 2.24) is 9.97 Å². The summed E-state index contributed by atoms with van der Waals surface area (Å²) in [5.74, 6) is 0.424. The minimum atomic E-state index is -0.251. The van der Waals surface area contributed by atoms with Gasteiger partial charge in [0.2, 0.25) is 5.91 Å². The van der Waals surface area contributed by atoms with Crippen LogP contribution in [0.5, 0.6) is 0 Å². The number of aromatic nitrogens is 2. The highest BCUT2D eigenvalue weighted by molar-refractivity contribution is 5.99. The van der Waals surface area contributed by atoms with Crippen LogP contribution in [-0.4, -0.2) is 15.9 Å². The van der Waals surface area contributed by atoms with Gasteiger partial charge >= 0.3 is 0 Å². The molecule has 0 unspecified atom stereocenters. The van der Waals surface area contributed by atoms with Crippen molar-refractivity contribution in [1.29, 1.82) is 0 Å². The van der Waals surface area contributed by atoms with E-state index in [4.69, 9.17) is 0 Å². The summed E-state index contributed by atoms with van der Waals surface area (Å²) in [5.41, 5.74) is 4.08. The highest BCUT2D eigenvalue weighted by Gasteiger charge is 2.10. The Morgan fingerprint density at radius 3 is 2.60 bits per heavy atom. The molecule has 3 rings (SSSR count). The van der Waals surface area contributed by atoms with Gasteiger partial charge in [-0.15, -0.1) is 0 Å². The second kappa shape index (κ2) is 7.40. The lowest BCUT2D eigenvalue weighted by atomic mass is 10.1. The van der Waals surface area contributed by atoms with E-state index in [9.17, 15) is 4.79 Å². The van der Waals surface area contributed by atoms with Crippen LogP contribution in [0, 0.1) is 6.92 Å². The monoisotopic (exact) mass is 330 g/mol. The Labute approximate surface area is 146 Å². The number of nitrogens with one attached hydrogen (secondary N) is 2. The average Bonchev–Trinajstić information content (AvgIpc) is 2.64. The fraction of sp³-hybridized carbons (Fsp3) is 0.0500. The molecular weight excluding hydrogens is 312 g/mol. The van der Waals surface area contributed by atoms with Crippen molar-refractivity contribution >= 4 is 23.0 Å². The van der Waals surface area contributed by atoms with Crippen LogP contribution in [-0.2, 0) is 4.79 Å². The number of carbonyl (C=O) groups excluding carboxylic acids is 1. The second-order valence-electron chi connectivity index (χ2n) is 5.44. The highest BCUT2D eigenvalue weighted by atomic mass is 16.1. The Balaban J connectivity index is 1.98. The minimum absolute atomic E-state index is 0.251. The molecule has 0 aliphatic heterocycles. The lowest BCUT2D eigenvalue weighted by Gasteiger charge is -2.13. The number of carbonyl (C=O) groups is 1. The van der Waals surface area contributed by atoms with Gasteiger partial charge in [0, 0.05) is 16.9 Å². The minimum Gasteiger partial charge on any atom is -0.352 e. The van der Waals surface area contributed by atoms with Crippen LogP contribution in [0.25, 0.3) is 11.3 Å². The molecule has 0 saturated carbocycles. The summed E-state index contributed by atoms with van der Waals surface area (Å²) in [6.45, 7) is 5.31. The Kier molecular flexibility index (Phi) is 4.85. The first-order chi connectivity index (χ1) is 12.2. The lowest BCUT2D eigenvalue weighted by molar-refractivity contribution is -0.111. The summed E-state index contributed by atoms with van der Waals surface area (Å²) < 4.78 is 0. The largest absolute Gasteiger partial charge is 0.352 e. The van der Waals surface area contributed by atoms with Crippen LogP contribution in [0.2, 0.25) is 0 Å².